The lowest BCUT2D eigenvalue weighted by Gasteiger charge is -2.35. The molecule has 1 atom stereocenters. The number of carbonyl (C=O) groups excluding carboxylic acids is 1. The van der Waals surface area contributed by atoms with E-state index in [1.54, 1.807) is 23.4 Å². The van der Waals surface area contributed by atoms with Gasteiger partial charge >= 0.3 is 6.09 Å². The normalized spacial score (nSPS) is 19.8. The first-order valence-electron chi connectivity index (χ1n) is 6.67. The van der Waals surface area contributed by atoms with Crippen molar-refractivity contribution < 1.29 is 9.53 Å². The molecule has 2 heterocycles. The van der Waals surface area contributed by atoms with Crippen LogP contribution in [0.15, 0.2) is 18.5 Å². The summed E-state index contributed by atoms with van der Waals surface area (Å²) in [4.78, 5) is 17.9. The van der Waals surface area contributed by atoms with Crippen molar-refractivity contribution in [2.75, 3.05) is 19.6 Å². The second-order valence-electron chi connectivity index (χ2n) is 5.83. The third-order valence-electron chi connectivity index (χ3n) is 3.00. The molecule has 1 aromatic rings. The number of hydrogen-bond donors (Lipinski definition) is 1. The van der Waals surface area contributed by atoms with Crippen LogP contribution in [0.25, 0.3) is 0 Å². The highest BCUT2D eigenvalue weighted by atomic mass is 35.5. The quantitative estimate of drug-likeness (QED) is 0.866. The molecule has 1 N–H and O–H groups in total. The number of halogens is 1. The van der Waals surface area contributed by atoms with E-state index in [1.807, 2.05) is 20.8 Å². The molecule has 1 aliphatic heterocycles. The number of aromatic nitrogens is 1. The second-order valence-corrected chi connectivity index (χ2v) is 6.24. The number of carbonyl (C=O) groups is 1. The van der Waals surface area contributed by atoms with E-state index in [4.69, 9.17) is 16.3 Å². The first-order valence-corrected chi connectivity index (χ1v) is 7.05. The Morgan fingerprint density at radius 3 is 2.95 bits per heavy atom. The Bertz CT molecular complexity index is 488. The summed E-state index contributed by atoms with van der Waals surface area (Å²) in [5, 5.41) is 4.01. The highest BCUT2D eigenvalue weighted by Crippen LogP contribution is 2.24. The van der Waals surface area contributed by atoms with Gasteiger partial charge in [0.05, 0.1) is 6.04 Å². The minimum Gasteiger partial charge on any atom is -0.444 e. The number of nitrogens with one attached hydrogen (secondary N) is 1. The molecule has 0 aromatic carbocycles. The number of hydrogen-bond acceptors (Lipinski definition) is 4. The van der Waals surface area contributed by atoms with Crippen molar-refractivity contribution in [3.05, 3.63) is 29.0 Å². The second kappa shape index (κ2) is 5.97. The standard InChI is InChI=1S/C14H20ClN3O2/c1-14(2,3)20-13(19)18-7-6-17-12(9-18)10-8-16-5-4-11(10)15/h4-5,8,12,17H,6-7,9H2,1-3H3. The van der Waals surface area contributed by atoms with Gasteiger partial charge in [0.1, 0.15) is 5.60 Å². The zero-order valence-corrected chi connectivity index (χ0v) is 12.8. The average Bonchev–Trinajstić information content (AvgIpc) is 2.37. The van der Waals surface area contributed by atoms with Crippen molar-refractivity contribution in [1.82, 2.24) is 15.2 Å². The zero-order valence-electron chi connectivity index (χ0n) is 12.0. The van der Waals surface area contributed by atoms with E-state index in [0.717, 1.165) is 5.56 Å². The molecule has 0 bridgehead atoms. The summed E-state index contributed by atoms with van der Waals surface area (Å²) in [5.74, 6) is 0. The first-order chi connectivity index (χ1) is 9.37. The van der Waals surface area contributed by atoms with Crippen LogP contribution in [0.4, 0.5) is 4.79 Å². The number of nitrogens with zero attached hydrogens (tertiary/aromatic N) is 2. The van der Waals surface area contributed by atoms with Gasteiger partial charge in [0.15, 0.2) is 0 Å². The maximum Gasteiger partial charge on any atom is 0.410 e. The van der Waals surface area contributed by atoms with Gasteiger partial charge in [-0.05, 0) is 26.8 Å². The summed E-state index contributed by atoms with van der Waals surface area (Å²) < 4.78 is 5.40. The van der Waals surface area contributed by atoms with E-state index in [2.05, 4.69) is 10.3 Å². The summed E-state index contributed by atoms with van der Waals surface area (Å²) >= 11 is 6.18. The Hall–Kier alpha value is -1.33. The molecule has 2 rings (SSSR count). The molecule has 0 aliphatic carbocycles. The zero-order chi connectivity index (χ0) is 14.8. The van der Waals surface area contributed by atoms with Gasteiger partial charge in [-0.25, -0.2) is 4.79 Å². The number of ether oxygens (including phenoxy) is 1. The molecule has 0 saturated carbocycles. The predicted molar refractivity (Wildman–Crippen MR) is 77.8 cm³/mol. The fourth-order valence-electron chi connectivity index (χ4n) is 2.10. The Balaban J connectivity index is 2.06. The number of amides is 1. The topological polar surface area (TPSA) is 54.5 Å². The van der Waals surface area contributed by atoms with Crippen LogP contribution in [0.1, 0.15) is 32.4 Å². The van der Waals surface area contributed by atoms with E-state index in [9.17, 15) is 4.79 Å². The monoisotopic (exact) mass is 297 g/mol. The van der Waals surface area contributed by atoms with Crippen molar-refractivity contribution in [2.45, 2.75) is 32.4 Å². The van der Waals surface area contributed by atoms with E-state index in [0.29, 0.717) is 24.7 Å². The van der Waals surface area contributed by atoms with Gasteiger partial charge in [-0.2, -0.15) is 0 Å². The fraction of sp³-hybridized carbons (Fsp3) is 0.571. The van der Waals surface area contributed by atoms with Crippen LogP contribution >= 0.6 is 11.6 Å². The van der Waals surface area contributed by atoms with E-state index < -0.39 is 5.60 Å². The Kier molecular flexibility index (Phi) is 4.50. The summed E-state index contributed by atoms with van der Waals surface area (Å²) in [6.45, 7) is 7.45. The van der Waals surface area contributed by atoms with Crippen molar-refractivity contribution in [3.63, 3.8) is 0 Å². The Morgan fingerprint density at radius 2 is 2.30 bits per heavy atom. The lowest BCUT2D eigenvalue weighted by atomic mass is 10.1. The van der Waals surface area contributed by atoms with Gasteiger partial charge < -0.3 is 15.0 Å². The van der Waals surface area contributed by atoms with E-state index in [1.165, 1.54) is 0 Å². The molecule has 1 aliphatic rings. The molecule has 6 heteroatoms. The molecule has 110 valence electrons. The van der Waals surface area contributed by atoms with Crippen LogP contribution in [0.5, 0.6) is 0 Å². The van der Waals surface area contributed by atoms with Crippen LogP contribution in [0.3, 0.4) is 0 Å². The van der Waals surface area contributed by atoms with Gasteiger partial charge in [0.2, 0.25) is 0 Å². The van der Waals surface area contributed by atoms with Gasteiger partial charge in [-0.15, -0.1) is 0 Å². The lowest BCUT2D eigenvalue weighted by Crippen LogP contribution is -2.49. The molecule has 1 aromatic heterocycles. The molecule has 1 amide bonds. The van der Waals surface area contributed by atoms with Crippen LogP contribution < -0.4 is 5.32 Å². The minimum atomic E-state index is -0.483. The molecule has 20 heavy (non-hydrogen) atoms. The Labute approximate surface area is 124 Å². The van der Waals surface area contributed by atoms with Gasteiger partial charge in [0.25, 0.3) is 0 Å². The highest BCUT2D eigenvalue weighted by molar-refractivity contribution is 6.31. The maximum atomic E-state index is 12.1. The molecule has 0 radical (unpaired) electrons. The van der Waals surface area contributed by atoms with E-state index in [-0.39, 0.29) is 12.1 Å². The summed E-state index contributed by atoms with van der Waals surface area (Å²) in [6, 6.07) is 1.74. The predicted octanol–water partition coefficient (Wildman–Crippen LogP) is 2.62. The van der Waals surface area contributed by atoms with Crippen molar-refractivity contribution in [2.24, 2.45) is 0 Å². The fourth-order valence-corrected chi connectivity index (χ4v) is 2.33. The molecule has 1 fully saturated rings. The average molecular weight is 298 g/mol. The highest BCUT2D eigenvalue weighted by Gasteiger charge is 2.28. The Morgan fingerprint density at radius 1 is 1.55 bits per heavy atom. The largest absolute Gasteiger partial charge is 0.444 e. The summed E-state index contributed by atoms with van der Waals surface area (Å²) in [6.07, 6.45) is 3.10. The van der Waals surface area contributed by atoms with Crippen LogP contribution in [0.2, 0.25) is 5.02 Å². The molecule has 1 saturated heterocycles. The van der Waals surface area contributed by atoms with Gasteiger partial charge in [-0.3, -0.25) is 4.98 Å². The van der Waals surface area contributed by atoms with Crippen molar-refractivity contribution in [1.29, 1.82) is 0 Å². The van der Waals surface area contributed by atoms with Crippen molar-refractivity contribution in [3.8, 4) is 0 Å². The third kappa shape index (κ3) is 3.84. The van der Waals surface area contributed by atoms with Gasteiger partial charge in [0, 0.05) is 42.6 Å². The minimum absolute atomic E-state index is 0.0162. The smallest absolute Gasteiger partial charge is 0.410 e. The molecular formula is C14H20ClN3O2. The first kappa shape index (κ1) is 15.1. The maximum absolute atomic E-state index is 12.1. The van der Waals surface area contributed by atoms with Crippen molar-refractivity contribution >= 4 is 17.7 Å². The number of piperazine rings is 1. The van der Waals surface area contributed by atoms with E-state index >= 15 is 0 Å². The lowest BCUT2D eigenvalue weighted by molar-refractivity contribution is 0.0195. The summed E-state index contributed by atoms with van der Waals surface area (Å²) in [7, 11) is 0. The molecule has 5 nitrogen and oxygen atoms in total. The molecular weight excluding hydrogens is 278 g/mol. The molecule has 1 unspecified atom stereocenters. The SMILES string of the molecule is CC(C)(C)OC(=O)N1CCNC(c2cnccc2Cl)C1. The number of pyridine rings is 1. The number of rotatable bonds is 1. The molecule has 0 spiro atoms. The third-order valence-corrected chi connectivity index (χ3v) is 3.34. The van der Waals surface area contributed by atoms with Crippen LogP contribution in [-0.2, 0) is 4.74 Å². The van der Waals surface area contributed by atoms with Gasteiger partial charge in [-0.1, -0.05) is 11.6 Å². The van der Waals surface area contributed by atoms with Crippen LogP contribution in [0, 0.1) is 0 Å². The van der Waals surface area contributed by atoms with Crippen LogP contribution in [-0.4, -0.2) is 41.2 Å². The summed E-state index contributed by atoms with van der Waals surface area (Å²) in [5.41, 5.74) is 0.422.